The molecule has 0 bridgehead atoms. The second kappa shape index (κ2) is 8.65. The number of fused-ring (bicyclic) bond motifs is 13. The van der Waals surface area contributed by atoms with E-state index in [1.54, 1.807) is 0 Å². The molecule has 7 aromatic carbocycles. The molecule has 11 rings (SSSR count). The lowest BCUT2D eigenvalue weighted by Gasteiger charge is -2.09. The van der Waals surface area contributed by atoms with E-state index in [9.17, 15) is 0 Å². The number of hydrogen-bond donors (Lipinski definition) is 0. The molecule has 0 fully saturated rings. The first kappa shape index (κ1) is 24.0. The van der Waals surface area contributed by atoms with Gasteiger partial charge in [-0.15, -0.1) is 0 Å². The fraction of sp³-hybridized carbons (Fsp3) is 0. The molecule has 0 atom stereocenters. The summed E-state index contributed by atoms with van der Waals surface area (Å²) in [5.41, 5.74) is 8.73. The minimum Gasteiger partial charge on any atom is -0.456 e. The average molecular weight is 590 g/mol. The monoisotopic (exact) mass is 589 g/mol. The number of nitrogens with zero attached hydrogens (tertiary/aromatic N) is 3. The van der Waals surface area contributed by atoms with E-state index in [0.29, 0.717) is 6.01 Å². The van der Waals surface area contributed by atoms with E-state index in [-0.39, 0.29) is 0 Å². The topological polar surface area (TPSA) is 49.0 Å². The molecule has 0 radical (unpaired) electrons. The third-order valence-corrected chi connectivity index (χ3v) is 9.55. The van der Waals surface area contributed by atoms with Crippen LogP contribution in [-0.4, -0.2) is 14.1 Å². The van der Waals surface area contributed by atoms with Gasteiger partial charge in [-0.1, -0.05) is 84.9 Å². The summed E-state index contributed by atoms with van der Waals surface area (Å²) in [5, 5.41) is 9.18. The highest BCUT2D eigenvalue weighted by molar-refractivity contribution is 6.22. The van der Waals surface area contributed by atoms with Crippen molar-refractivity contribution in [1.29, 1.82) is 0 Å². The van der Waals surface area contributed by atoms with E-state index in [2.05, 4.69) is 118 Å². The van der Waals surface area contributed by atoms with Crippen LogP contribution in [0.15, 0.2) is 148 Å². The van der Waals surface area contributed by atoms with Gasteiger partial charge in [-0.2, -0.15) is 4.98 Å². The fourth-order valence-electron chi connectivity index (χ4n) is 7.60. The average Bonchev–Trinajstić information content (AvgIpc) is 3.86. The number of hydrogen-bond acceptors (Lipinski definition) is 3. The van der Waals surface area contributed by atoms with Crippen LogP contribution in [0.2, 0.25) is 0 Å². The Kier molecular flexibility index (Phi) is 4.52. The SMILES string of the molecule is c1ccc2c(c1)ccc1c2c2cc(-n3c4ccccc4c4ccccc43)ccc2n1-c1nc2ccc3oc4ccccc4c3c2o1. The maximum atomic E-state index is 6.72. The van der Waals surface area contributed by atoms with E-state index in [0.717, 1.165) is 55.1 Å². The highest BCUT2D eigenvalue weighted by Gasteiger charge is 2.22. The summed E-state index contributed by atoms with van der Waals surface area (Å²) in [6, 6.07) is 49.6. The quantitative estimate of drug-likeness (QED) is 0.202. The minimum absolute atomic E-state index is 0.535. The van der Waals surface area contributed by atoms with Crippen molar-refractivity contribution in [2.45, 2.75) is 0 Å². The molecular weight excluding hydrogens is 566 g/mol. The molecule has 0 spiro atoms. The Morgan fingerprint density at radius 2 is 1.11 bits per heavy atom. The molecule has 0 aliphatic heterocycles. The van der Waals surface area contributed by atoms with Crippen LogP contribution in [0.3, 0.4) is 0 Å². The lowest BCUT2D eigenvalue weighted by Crippen LogP contribution is -1.95. The summed E-state index contributed by atoms with van der Waals surface area (Å²) >= 11 is 0. The van der Waals surface area contributed by atoms with Crippen LogP contribution in [0.25, 0.3) is 99.1 Å². The van der Waals surface area contributed by atoms with Crippen molar-refractivity contribution in [3.05, 3.63) is 140 Å². The molecular formula is C41H23N3O2. The van der Waals surface area contributed by atoms with Gasteiger partial charge in [0.15, 0.2) is 5.58 Å². The van der Waals surface area contributed by atoms with Crippen molar-refractivity contribution in [1.82, 2.24) is 14.1 Å². The van der Waals surface area contributed by atoms with Gasteiger partial charge >= 0.3 is 6.01 Å². The Hall–Kier alpha value is -6.33. The van der Waals surface area contributed by atoms with Gasteiger partial charge in [0.05, 0.1) is 27.5 Å². The van der Waals surface area contributed by atoms with Crippen LogP contribution in [0.1, 0.15) is 0 Å². The standard InChI is InChI=1S/C41H23N3O2/c1-2-10-26-24(9-1)17-20-35-38(26)30-23-25(43-32-14-6-3-11-27(32)28-12-4-7-15-33(28)43)18-21-34(30)44(35)41-42-31-19-22-37-39(40(31)46-41)29-13-5-8-16-36(29)45-37/h1-23H. The van der Waals surface area contributed by atoms with Gasteiger partial charge < -0.3 is 13.4 Å². The third-order valence-electron chi connectivity index (χ3n) is 9.55. The zero-order chi connectivity index (χ0) is 29.9. The summed E-state index contributed by atoms with van der Waals surface area (Å²) in [4.78, 5) is 5.08. The Bertz CT molecular complexity index is 2990. The zero-order valence-corrected chi connectivity index (χ0v) is 24.4. The van der Waals surface area contributed by atoms with Crippen LogP contribution in [-0.2, 0) is 0 Å². The van der Waals surface area contributed by atoms with Crippen LogP contribution in [0.5, 0.6) is 0 Å². The number of benzene rings is 7. The normalized spacial score (nSPS) is 12.3. The van der Waals surface area contributed by atoms with Gasteiger partial charge in [0.1, 0.15) is 16.7 Å². The van der Waals surface area contributed by atoms with Gasteiger partial charge in [0.25, 0.3) is 0 Å². The van der Waals surface area contributed by atoms with Crippen molar-refractivity contribution >= 4 is 87.4 Å². The van der Waals surface area contributed by atoms with Gasteiger partial charge in [-0.25, -0.2) is 0 Å². The highest BCUT2D eigenvalue weighted by Crippen LogP contribution is 2.41. The molecule has 4 aromatic heterocycles. The molecule has 0 aliphatic carbocycles. The molecule has 0 saturated carbocycles. The molecule has 5 heteroatoms. The van der Waals surface area contributed by atoms with Crippen molar-refractivity contribution in [3.63, 3.8) is 0 Å². The molecule has 0 aliphatic rings. The molecule has 11 aromatic rings. The van der Waals surface area contributed by atoms with Crippen LogP contribution >= 0.6 is 0 Å². The van der Waals surface area contributed by atoms with Crippen LogP contribution in [0, 0.1) is 0 Å². The van der Waals surface area contributed by atoms with E-state index >= 15 is 0 Å². The zero-order valence-electron chi connectivity index (χ0n) is 24.4. The molecule has 46 heavy (non-hydrogen) atoms. The number of rotatable bonds is 2. The largest absolute Gasteiger partial charge is 0.456 e. The second-order valence-electron chi connectivity index (χ2n) is 12.0. The van der Waals surface area contributed by atoms with E-state index < -0.39 is 0 Å². The summed E-state index contributed by atoms with van der Waals surface area (Å²) < 4.78 is 17.4. The molecule has 4 heterocycles. The number of para-hydroxylation sites is 3. The van der Waals surface area contributed by atoms with Crippen molar-refractivity contribution < 1.29 is 8.83 Å². The van der Waals surface area contributed by atoms with E-state index in [1.165, 1.54) is 38.0 Å². The molecule has 0 saturated heterocycles. The molecule has 0 unspecified atom stereocenters. The summed E-state index contributed by atoms with van der Waals surface area (Å²) in [6.07, 6.45) is 0. The Balaban J connectivity index is 1.25. The maximum Gasteiger partial charge on any atom is 0.307 e. The Labute approximate surface area is 261 Å². The molecule has 214 valence electrons. The number of aromatic nitrogens is 3. The first-order valence-electron chi connectivity index (χ1n) is 15.5. The van der Waals surface area contributed by atoms with Crippen molar-refractivity contribution in [2.24, 2.45) is 0 Å². The smallest absolute Gasteiger partial charge is 0.307 e. The van der Waals surface area contributed by atoms with E-state index in [4.69, 9.17) is 13.8 Å². The Morgan fingerprint density at radius 1 is 0.435 bits per heavy atom. The predicted molar refractivity (Wildman–Crippen MR) is 187 cm³/mol. The number of furan rings is 1. The fourth-order valence-corrected chi connectivity index (χ4v) is 7.60. The van der Waals surface area contributed by atoms with Gasteiger partial charge in [0, 0.05) is 32.6 Å². The van der Waals surface area contributed by atoms with Gasteiger partial charge in [0.2, 0.25) is 0 Å². The second-order valence-corrected chi connectivity index (χ2v) is 12.0. The predicted octanol–water partition coefficient (Wildman–Crippen LogP) is 11.1. The summed E-state index contributed by atoms with van der Waals surface area (Å²) in [5.74, 6) is 0. The molecule has 0 amide bonds. The van der Waals surface area contributed by atoms with Gasteiger partial charge in [-0.05, 0) is 65.4 Å². The lowest BCUT2D eigenvalue weighted by molar-refractivity contribution is 0.577. The first-order valence-corrected chi connectivity index (χ1v) is 15.5. The van der Waals surface area contributed by atoms with Crippen LogP contribution in [0.4, 0.5) is 0 Å². The summed E-state index contributed by atoms with van der Waals surface area (Å²) in [6.45, 7) is 0. The molecule has 5 nitrogen and oxygen atoms in total. The lowest BCUT2D eigenvalue weighted by atomic mass is 10.0. The van der Waals surface area contributed by atoms with E-state index in [1.807, 2.05) is 30.3 Å². The highest BCUT2D eigenvalue weighted by atomic mass is 16.4. The minimum atomic E-state index is 0.535. The van der Waals surface area contributed by atoms with Crippen molar-refractivity contribution in [2.75, 3.05) is 0 Å². The van der Waals surface area contributed by atoms with Crippen molar-refractivity contribution in [3.8, 4) is 11.7 Å². The summed E-state index contributed by atoms with van der Waals surface area (Å²) in [7, 11) is 0. The number of oxazole rings is 1. The van der Waals surface area contributed by atoms with Gasteiger partial charge in [-0.3, -0.25) is 4.57 Å². The Morgan fingerprint density at radius 3 is 1.93 bits per heavy atom. The molecule has 0 N–H and O–H groups in total. The third kappa shape index (κ3) is 3.06. The first-order chi connectivity index (χ1) is 22.8. The van der Waals surface area contributed by atoms with Crippen LogP contribution < -0.4 is 0 Å². The maximum absolute atomic E-state index is 6.72.